The van der Waals surface area contributed by atoms with Crippen molar-refractivity contribution in [1.29, 1.82) is 0 Å². The van der Waals surface area contributed by atoms with Crippen LogP contribution < -0.4 is 5.32 Å². The van der Waals surface area contributed by atoms with Gasteiger partial charge in [0, 0.05) is 11.6 Å². The van der Waals surface area contributed by atoms with Crippen LogP contribution in [0.25, 0.3) is 0 Å². The lowest BCUT2D eigenvalue weighted by Crippen LogP contribution is -2.37. The van der Waals surface area contributed by atoms with Crippen molar-refractivity contribution in [2.45, 2.75) is 45.6 Å². The molecule has 19 heavy (non-hydrogen) atoms. The molecule has 1 fully saturated rings. The fraction of sp³-hybridized carbons (Fsp3) is 0.571. The summed E-state index contributed by atoms with van der Waals surface area (Å²) in [6.45, 7) is 3.88. The van der Waals surface area contributed by atoms with Gasteiger partial charge in [-0.3, -0.25) is 9.59 Å². The van der Waals surface area contributed by atoms with E-state index in [1.165, 1.54) is 6.26 Å². The van der Waals surface area contributed by atoms with Crippen molar-refractivity contribution in [2.75, 3.05) is 0 Å². The van der Waals surface area contributed by atoms with E-state index in [-0.39, 0.29) is 24.1 Å². The molecule has 1 aliphatic rings. The second kappa shape index (κ2) is 5.47. The number of carboxylic acid groups (broad SMARTS) is 1. The first kappa shape index (κ1) is 13.6. The van der Waals surface area contributed by atoms with Crippen molar-refractivity contribution in [3.8, 4) is 0 Å². The predicted octanol–water partition coefficient (Wildman–Crippen LogP) is 2.13. The minimum atomic E-state index is -1.00. The third-order valence-corrected chi connectivity index (χ3v) is 3.77. The van der Waals surface area contributed by atoms with Crippen LogP contribution in [-0.4, -0.2) is 23.0 Å². The number of amides is 1. The van der Waals surface area contributed by atoms with Crippen LogP contribution in [0.3, 0.4) is 0 Å². The lowest BCUT2D eigenvalue weighted by atomic mass is 10.0. The van der Waals surface area contributed by atoms with Crippen LogP contribution in [0, 0.1) is 12.8 Å². The number of carboxylic acids is 1. The summed E-state index contributed by atoms with van der Waals surface area (Å²) in [4.78, 5) is 23.0. The Bertz CT molecular complexity index is 492. The molecular weight excluding hydrogens is 246 g/mol. The van der Waals surface area contributed by atoms with Gasteiger partial charge in [-0.25, -0.2) is 0 Å². The van der Waals surface area contributed by atoms with Gasteiger partial charge in [-0.15, -0.1) is 0 Å². The highest BCUT2D eigenvalue weighted by atomic mass is 16.4. The van der Waals surface area contributed by atoms with Gasteiger partial charge in [-0.2, -0.15) is 0 Å². The Hall–Kier alpha value is -1.78. The molecule has 2 unspecified atom stereocenters. The third kappa shape index (κ3) is 2.97. The molecule has 104 valence electrons. The number of aryl methyl sites for hydroxylation is 1. The summed E-state index contributed by atoms with van der Waals surface area (Å²) in [5, 5.41) is 11.8. The van der Waals surface area contributed by atoms with Gasteiger partial charge in [-0.1, -0.05) is 13.3 Å². The van der Waals surface area contributed by atoms with Crippen molar-refractivity contribution in [3.05, 3.63) is 23.2 Å². The fourth-order valence-electron chi connectivity index (χ4n) is 2.67. The normalized spacial score (nSPS) is 22.4. The van der Waals surface area contributed by atoms with E-state index in [0.717, 1.165) is 19.3 Å². The average molecular weight is 265 g/mol. The number of rotatable bonds is 4. The third-order valence-electron chi connectivity index (χ3n) is 3.77. The molecule has 5 nitrogen and oxygen atoms in total. The molecule has 2 atom stereocenters. The van der Waals surface area contributed by atoms with E-state index in [1.54, 1.807) is 6.92 Å². The second-order valence-corrected chi connectivity index (χ2v) is 5.28. The van der Waals surface area contributed by atoms with Crippen LogP contribution in [0.1, 0.15) is 47.9 Å². The lowest BCUT2D eigenvalue weighted by molar-refractivity contribution is -0.136. The van der Waals surface area contributed by atoms with Crippen molar-refractivity contribution < 1.29 is 19.1 Å². The zero-order valence-corrected chi connectivity index (χ0v) is 11.2. The first-order chi connectivity index (χ1) is 8.99. The summed E-state index contributed by atoms with van der Waals surface area (Å²) in [6.07, 6.45) is 4.40. The minimum Gasteiger partial charge on any atom is -0.481 e. The predicted molar refractivity (Wildman–Crippen MR) is 69.1 cm³/mol. The highest BCUT2D eigenvalue weighted by Gasteiger charge is 2.27. The first-order valence-electron chi connectivity index (χ1n) is 6.58. The highest BCUT2D eigenvalue weighted by molar-refractivity contribution is 5.97. The van der Waals surface area contributed by atoms with E-state index >= 15 is 0 Å². The van der Waals surface area contributed by atoms with Crippen LogP contribution in [0.5, 0.6) is 0 Å². The maximum Gasteiger partial charge on any atom is 0.311 e. The van der Waals surface area contributed by atoms with Gasteiger partial charge >= 0.3 is 5.97 Å². The number of hydrogen-bond acceptors (Lipinski definition) is 3. The zero-order valence-electron chi connectivity index (χ0n) is 11.2. The summed E-state index contributed by atoms with van der Waals surface area (Å²) >= 11 is 0. The van der Waals surface area contributed by atoms with Gasteiger partial charge in [0.15, 0.2) is 0 Å². The molecule has 0 spiro atoms. The summed E-state index contributed by atoms with van der Waals surface area (Å²) in [5.74, 6) is -0.522. The van der Waals surface area contributed by atoms with E-state index in [1.807, 2.05) is 0 Å². The van der Waals surface area contributed by atoms with Crippen molar-refractivity contribution in [2.24, 2.45) is 5.92 Å². The van der Waals surface area contributed by atoms with Crippen molar-refractivity contribution in [1.82, 2.24) is 5.32 Å². The Kier molecular flexibility index (Phi) is 3.93. The van der Waals surface area contributed by atoms with Crippen molar-refractivity contribution >= 4 is 11.9 Å². The van der Waals surface area contributed by atoms with E-state index in [4.69, 9.17) is 9.52 Å². The molecular formula is C14H19NO4. The number of carbonyl (C=O) groups excluding carboxylic acids is 1. The van der Waals surface area contributed by atoms with Crippen LogP contribution in [0.2, 0.25) is 0 Å². The second-order valence-electron chi connectivity index (χ2n) is 5.28. The summed E-state index contributed by atoms with van der Waals surface area (Å²) < 4.78 is 5.18. The molecule has 5 heteroatoms. The SMILES string of the molecule is Cc1coc(CC(=O)O)c1C(=O)NC1CCCC1C. The number of hydrogen-bond donors (Lipinski definition) is 2. The van der Waals surface area contributed by atoms with Crippen LogP contribution in [0.15, 0.2) is 10.7 Å². The molecule has 2 rings (SSSR count). The molecule has 1 aliphatic carbocycles. The number of carbonyl (C=O) groups is 2. The molecule has 1 aromatic rings. The van der Waals surface area contributed by atoms with Gasteiger partial charge in [0.25, 0.3) is 5.91 Å². The number of aliphatic carboxylic acids is 1. The van der Waals surface area contributed by atoms with E-state index in [9.17, 15) is 9.59 Å². The molecule has 1 saturated carbocycles. The molecule has 1 heterocycles. The molecule has 1 amide bonds. The maximum absolute atomic E-state index is 12.3. The smallest absolute Gasteiger partial charge is 0.311 e. The Morgan fingerprint density at radius 3 is 2.79 bits per heavy atom. The van der Waals surface area contributed by atoms with Crippen LogP contribution >= 0.6 is 0 Å². The fourth-order valence-corrected chi connectivity index (χ4v) is 2.67. The Morgan fingerprint density at radius 2 is 2.21 bits per heavy atom. The largest absolute Gasteiger partial charge is 0.481 e. The molecule has 0 radical (unpaired) electrons. The molecule has 2 N–H and O–H groups in total. The lowest BCUT2D eigenvalue weighted by Gasteiger charge is -2.17. The Labute approximate surface area is 112 Å². The van der Waals surface area contributed by atoms with E-state index in [2.05, 4.69) is 12.2 Å². The highest BCUT2D eigenvalue weighted by Crippen LogP contribution is 2.26. The van der Waals surface area contributed by atoms with Crippen molar-refractivity contribution in [3.63, 3.8) is 0 Å². The summed E-state index contributed by atoms with van der Waals surface area (Å²) in [7, 11) is 0. The average Bonchev–Trinajstić information content (AvgIpc) is 2.86. The molecule has 1 aromatic heterocycles. The zero-order chi connectivity index (χ0) is 14.0. The van der Waals surface area contributed by atoms with Gasteiger partial charge in [0.05, 0.1) is 11.8 Å². The first-order valence-corrected chi connectivity index (χ1v) is 6.58. The quantitative estimate of drug-likeness (QED) is 0.874. The standard InChI is InChI=1S/C14H19NO4/c1-8-4-3-5-10(8)15-14(18)13-9(2)7-19-11(13)6-12(16)17/h7-8,10H,3-6H2,1-2H3,(H,15,18)(H,16,17). The Morgan fingerprint density at radius 1 is 1.47 bits per heavy atom. The van der Waals surface area contributed by atoms with E-state index < -0.39 is 5.97 Å². The van der Waals surface area contributed by atoms with E-state index in [0.29, 0.717) is 17.0 Å². The van der Waals surface area contributed by atoms with Gasteiger partial charge < -0.3 is 14.8 Å². The minimum absolute atomic E-state index is 0.180. The maximum atomic E-state index is 12.3. The summed E-state index contributed by atoms with van der Waals surface area (Å²) in [6, 6.07) is 0.180. The number of nitrogens with one attached hydrogen (secondary N) is 1. The van der Waals surface area contributed by atoms with Gasteiger partial charge in [-0.05, 0) is 25.7 Å². The molecule has 0 saturated heterocycles. The number of furan rings is 1. The van der Waals surface area contributed by atoms with Crippen LogP contribution in [-0.2, 0) is 11.2 Å². The Balaban J connectivity index is 2.14. The molecule has 0 aliphatic heterocycles. The van der Waals surface area contributed by atoms with Gasteiger partial charge in [0.1, 0.15) is 12.2 Å². The van der Waals surface area contributed by atoms with Crippen LogP contribution in [0.4, 0.5) is 0 Å². The summed E-state index contributed by atoms with van der Waals surface area (Å²) in [5.41, 5.74) is 1.06. The molecule has 0 bridgehead atoms. The molecule has 0 aromatic carbocycles. The topological polar surface area (TPSA) is 79.5 Å². The monoisotopic (exact) mass is 265 g/mol. The van der Waals surface area contributed by atoms with Gasteiger partial charge in [0.2, 0.25) is 0 Å².